The molecule has 3 aromatic heterocycles. The van der Waals surface area contributed by atoms with Gasteiger partial charge in [0.25, 0.3) is 0 Å². The SMILES string of the molecule is CCn1c2ccccc2n2c(=O)n(Cc3ccncc3)nc12. The van der Waals surface area contributed by atoms with Gasteiger partial charge in [-0.05, 0) is 36.8 Å². The van der Waals surface area contributed by atoms with E-state index in [9.17, 15) is 4.79 Å². The Morgan fingerprint density at radius 1 is 1.05 bits per heavy atom. The summed E-state index contributed by atoms with van der Waals surface area (Å²) in [4.78, 5) is 16.7. The molecule has 0 aliphatic rings. The van der Waals surface area contributed by atoms with Crippen LogP contribution < -0.4 is 5.69 Å². The van der Waals surface area contributed by atoms with E-state index in [4.69, 9.17) is 0 Å². The summed E-state index contributed by atoms with van der Waals surface area (Å²) in [6.07, 6.45) is 3.44. The summed E-state index contributed by atoms with van der Waals surface area (Å²) >= 11 is 0. The molecular formula is C16H15N5O. The Balaban J connectivity index is 1.96. The van der Waals surface area contributed by atoms with Crippen LogP contribution in [0.15, 0.2) is 53.6 Å². The van der Waals surface area contributed by atoms with E-state index in [1.807, 2.05) is 36.4 Å². The van der Waals surface area contributed by atoms with Crippen LogP contribution in [0.1, 0.15) is 12.5 Å². The second-order valence-electron chi connectivity index (χ2n) is 5.16. The predicted molar refractivity (Wildman–Crippen MR) is 84.0 cm³/mol. The molecule has 0 spiro atoms. The lowest BCUT2D eigenvalue weighted by Gasteiger charge is -2.01. The van der Waals surface area contributed by atoms with Gasteiger partial charge in [-0.1, -0.05) is 12.1 Å². The first kappa shape index (κ1) is 12.8. The summed E-state index contributed by atoms with van der Waals surface area (Å²) in [6, 6.07) is 11.7. The first-order valence-electron chi connectivity index (χ1n) is 7.25. The van der Waals surface area contributed by atoms with Crippen LogP contribution in [0.4, 0.5) is 0 Å². The van der Waals surface area contributed by atoms with Gasteiger partial charge in [-0.3, -0.25) is 4.98 Å². The third-order valence-electron chi connectivity index (χ3n) is 3.88. The normalized spacial score (nSPS) is 11.5. The number of benzene rings is 1. The maximum atomic E-state index is 12.7. The van der Waals surface area contributed by atoms with Gasteiger partial charge in [-0.2, -0.15) is 0 Å². The molecule has 0 unspecified atom stereocenters. The summed E-state index contributed by atoms with van der Waals surface area (Å²) in [5, 5.41) is 4.53. The van der Waals surface area contributed by atoms with Crippen LogP contribution in [0.3, 0.4) is 0 Å². The molecule has 0 amide bonds. The van der Waals surface area contributed by atoms with E-state index < -0.39 is 0 Å². The zero-order valence-electron chi connectivity index (χ0n) is 12.2. The largest absolute Gasteiger partial charge is 0.352 e. The van der Waals surface area contributed by atoms with Crippen molar-refractivity contribution in [3.8, 4) is 0 Å². The fourth-order valence-electron chi connectivity index (χ4n) is 2.85. The molecule has 0 radical (unpaired) electrons. The fourth-order valence-corrected chi connectivity index (χ4v) is 2.85. The fraction of sp³-hybridized carbons (Fsp3) is 0.188. The predicted octanol–water partition coefficient (Wildman–Crippen LogP) is 1.91. The molecule has 6 heteroatoms. The van der Waals surface area contributed by atoms with E-state index in [-0.39, 0.29) is 5.69 Å². The van der Waals surface area contributed by atoms with E-state index in [2.05, 4.69) is 21.6 Å². The molecule has 0 fully saturated rings. The number of aromatic nitrogens is 5. The Labute approximate surface area is 126 Å². The van der Waals surface area contributed by atoms with Crippen molar-refractivity contribution in [2.75, 3.05) is 0 Å². The van der Waals surface area contributed by atoms with Crippen LogP contribution in [-0.2, 0) is 13.1 Å². The highest BCUT2D eigenvalue weighted by Crippen LogP contribution is 2.18. The lowest BCUT2D eigenvalue weighted by atomic mass is 10.3. The van der Waals surface area contributed by atoms with E-state index in [0.717, 1.165) is 23.1 Å². The van der Waals surface area contributed by atoms with Crippen LogP contribution in [0, 0.1) is 0 Å². The summed E-state index contributed by atoms with van der Waals surface area (Å²) < 4.78 is 5.24. The minimum Gasteiger partial charge on any atom is -0.309 e. The van der Waals surface area contributed by atoms with Crippen molar-refractivity contribution in [3.05, 3.63) is 64.8 Å². The summed E-state index contributed by atoms with van der Waals surface area (Å²) in [5.74, 6) is 0.683. The van der Waals surface area contributed by atoms with Crippen LogP contribution in [0.2, 0.25) is 0 Å². The first-order chi connectivity index (χ1) is 10.8. The van der Waals surface area contributed by atoms with Crippen LogP contribution in [0.5, 0.6) is 0 Å². The Morgan fingerprint density at radius 2 is 1.77 bits per heavy atom. The molecule has 0 aliphatic heterocycles. The highest BCUT2D eigenvalue weighted by Gasteiger charge is 2.16. The molecule has 4 aromatic rings. The van der Waals surface area contributed by atoms with Crippen LogP contribution in [0.25, 0.3) is 16.8 Å². The molecule has 0 aliphatic carbocycles. The molecule has 0 saturated heterocycles. The van der Waals surface area contributed by atoms with Crippen molar-refractivity contribution in [3.63, 3.8) is 0 Å². The highest BCUT2D eigenvalue weighted by atomic mass is 16.2. The second-order valence-corrected chi connectivity index (χ2v) is 5.16. The molecular weight excluding hydrogens is 278 g/mol. The van der Waals surface area contributed by atoms with Gasteiger partial charge in [0.2, 0.25) is 5.78 Å². The van der Waals surface area contributed by atoms with Gasteiger partial charge in [0.05, 0.1) is 17.6 Å². The summed E-state index contributed by atoms with van der Waals surface area (Å²) in [7, 11) is 0. The number of nitrogens with zero attached hydrogens (tertiary/aromatic N) is 5. The highest BCUT2D eigenvalue weighted by molar-refractivity contribution is 5.80. The van der Waals surface area contributed by atoms with E-state index in [1.165, 1.54) is 4.68 Å². The van der Waals surface area contributed by atoms with Gasteiger partial charge in [-0.15, -0.1) is 5.10 Å². The lowest BCUT2D eigenvalue weighted by molar-refractivity contribution is 0.653. The minimum absolute atomic E-state index is 0.116. The van der Waals surface area contributed by atoms with Gasteiger partial charge < -0.3 is 4.57 Å². The van der Waals surface area contributed by atoms with Crippen molar-refractivity contribution >= 4 is 16.8 Å². The average molecular weight is 293 g/mol. The molecule has 6 nitrogen and oxygen atoms in total. The molecule has 0 bridgehead atoms. The Morgan fingerprint density at radius 3 is 2.50 bits per heavy atom. The maximum absolute atomic E-state index is 12.7. The number of hydrogen-bond donors (Lipinski definition) is 0. The molecule has 1 aromatic carbocycles. The number of pyridine rings is 1. The maximum Gasteiger partial charge on any atom is 0.352 e. The Bertz CT molecular complexity index is 1010. The van der Waals surface area contributed by atoms with Crippen molar-refractivity contribution in [2.24, 2.45) is 0 Å². The molecule has 110 valence electrons. The second kappa shape index (κ2) is 4.84. The molecule has 0 N–H and O–H groups in total. The zero-order chi connectivity index (χ0) is 15.1. The number of imidazole rings is 1. The Hall–Kier alpha value is -2.89. The molecule has 22 heavy (non-hydrogen) atoms. The standard InChI is InChI=1S/C16H15N5O/c1-2-19-13-5-3-4-6-14(13)21-15(19)18-20(16(21)22)11-12-7-9-17-10-8-12/h3-10H,2,11H2,1H3. The van der Waals surface area contributed by atoms with E-state index in [0.29, 0.717) is 12.3 Å². The number of rotatable bonds is 3. The number of aryl methyl sites for hydroxylation is 1. The number of para-hydroxylation sites is 2. The number of fused-ring (bicyclic) bond motifs is 3. The monoisotopic (exact) mass is 293 g/mol. The van der Waals surface area contributed by atoms with Gasteiger partial charge in [-0.25, -0.2) is 13.9 Å². The van der Waals surface area contributed by atoms with Crippen LogP contribution in [-0.4, -0.2) is 23.7 Å². The molecule has 0 atom stereocenters. The minimum atomic E-state index is -0.116. The summed E-state index contributed by atoms with van der Waals surface area (Å²) in [5.41, 5.74) is 2.81. The van der Waals surface area contributed by atoms with Gasteiger partial charge in [0.15, 0.2) is 0 Å². The molecule has 3 heterocycles. The third-order valence-corrected chi connectivity index (χ3v) is 3.88. The van der Waals surface area contributed by atoms with Crippen molar-refractivity contribution in [2.45, 2.75) is 20.0 Å². The van der Waals surface area contributed by atoms with Crippen molar-refractivity contribution in [1.29, 1.82) is 0 Å². The summed E-state index contributed by atoms with van der Waals surface area (Å²) in [6.45, 7) is 3.27. The van der Waals surface area contributed by atoms with Gasteiger partial charge in [0.1, 0.15) is 0 Å². The first-order valence-corrected chi connectivity index (χ1v) is 7.25. The van der Waals surface area contributed by atoms with Crippen LogP contribution >= 0.6 is 0 Å². The van der Waals surface area contributed by atoms with Crippen molar-refractivity contribution < 1.29 is 0 Å². The van der Waals surface area contributed by atoms with Crippen molar-refractivity contribution in [1.82, 2.24) is 23.7 Å². The molecule has 0 saturated carbocycles. The molecule has 4 rings (SSSR count). The Kier molecular flexibility index (Phi) is 2.82. The smallest absolute Gasteiger partial charge is 0.309 e. The third kappa shape index (κ3) is 1.77. The zero-order valence-corrected chi connectivity index (χ0v) is 12.2. The topological polar surface area (TPSA) is 57.1 Å². The number of hydrogen-bond acceptors (Lipinski definition) is 3. The van der Waals surface area contributed by atoms with Gasteiger partial charge in [0, 0.05) is 18.9 Å². The van der Waals surface area contributed by atoms with Gasteiger partial charge >= 0.3 is 5.69 Å². The van der Waals surface area contributed by atoms with E-state index in [1.54, 1.807) is 16.8 Å². The quantitative estimate of drug-likeness (QED) is 0.580. The van der Waals surface area contributed by atoms with E-state index >= 15 is 0 Å². The average Bonchev–Trinajstić information content (AvgIpc) is 3.03. The lowest BCUT2D eigenvalue weighted by Crippen LogP contribution is -2.21.